The maximum Gasteiger partial charge on any atom is 0.262 e. The first-order valence-corrected chi connectivity index (χ1v) is 14.7. The van der Waals surface area contributed by atoms with Crippen molar-refractivity contribution >= 4 is 44.3 Å². The van der Waals surface area contributed by atoms with Crippen molar-refractivity contribution in [2.45, 2.75) is 55.6 Å². The Morgan fingerprint density at radius 1 is 1.16 bits per heavy atom. The summed E-state index contributed by atoms with van der Waals surface area (Å²) in [5.41, 5.74) is 3.03. The Bertz CT molecular complexity index is 1510. The van der Waals surface area contributed by atoms with Crippen molar-refractivity contribution in [2.24, 2.45) is 0 Å². The Hall–Kier alpha value is -2.95. The number of thioether (sulfide) groups is 1. The molecule has 1 amide bonds. The number of nitrogens with one attached hydrogen (secondary N) is 1. The average Bonchev–Trinajstić information content (AvgIpc) is 2.88. The average molecular weight is 541 g/mol. The number of nitrogens with zero attached hydrogens (tertiary/aromatic N) is 3. The molecule has 1 aliphatic carbocycles. The molecule has 1 aliphatic rings. The number of benzene rings is 2. The van der Waals surface area contributed by atoms with Gasteiger partial charge in [-0.05, 0) is 68.9 Å². The number of para-hydroxylation sites is 1. The fourth-order valence-electron chi connectivity index (χ4n) is 4.27. The first-order valence-electron chi connectivity index (χ1n) is 12.3. The molecule has 8 nitrogen and oxygen atoms in total. The van der Waals surface area contributed by atoms with E-state index >= 15 is 0 Å². The largest absolute Gasteiger partial charge is 0.325 e. The van der Waals surface area contributed by atoms with Crippen LogP contribution in [0, 0.1) is 6.92 Å². The SMILES string of the molecule is Cc1ccc(S(=O)(=O)N(C)C)cc1NC(=O)CSc1nc2ccccc2c(=O)n1CCC1=CCCCC1. The molecule has 0 unspecified atom stereocenters. The number of sulfonamides is 1. The minimum absolute atomic E-state index is 0.0254. The summed E-state index contributed by atoms with van der Waals surface area (Å²) in [5, 5.41) is 3.87. The highest BCUT2D eigenvalue weighted by Gasteiger charge is 2.19. The number of hydrogen-bond donors (Lipinski definition) is 1. The third-order valence-electron chi connectivity index (χ3n) is 6.46. The maximum absolute atomic E-state index is 13.3. The third-order valence-corrected chi connectivity index (χ3v) is 9.25. The number of anilines is 1. The van der Waals surface area contributed by atoms with E-state index in [2.05, 4.69) is 11.4 Å². The molecule has 4 rings (SSSR count). The van der Waals surface area contributed by atoms with Crippen LogP contribution >= 0.6 is 11.8 Å². The van der Waals surface area contributed by atoms with Crippen molar-refractivity contribution in [1.29, 1.82) is 0 Å². The van der Waals surface area contributed by atoms with Gasteiger partial charge in [-0.3, -0.25) is 14.2 Å². The van der Waals surface area contributed by atoms with Gasteiger partial charge in [0.15, 0.2) is 5.16 Å². The molecular weight excluding hydrogens is 508 g/mol. The van der Waals surface area contributed by atoms with Crippen molar-refractivity contribution in [3.8, 4) is 0 Å². The molecule has 0 atom stereocenters. The summed E-state index contributed by atoms with van der Waals surface area (Å²) in [6.45, 7) is 2.31. The van der Waals surface area contributed by atoms with Crippen LogP contribution in [-0.2, 0) is 21.4 Å². The lowest BCUT2D eigenvalue weighted by atomic mass is 9.97. The van der Waals surface area contributed by atoms with Crippen LogP contribution in [0.3, 0.4) is 0 Å². The van der Waals surface area contributed by atoms with E-state index in [4.69, 9.17) is 4.98 Å². The molecule has 0 spiro atoms. The summed E-state index contributed by atoms with van der Waals surface area (Å²) in [5.74, 6) is -0.283. The molecule has 1 aromatic heterocycles. The van der Waals surface area contributed by atoms with Gasteiger partial charge >= 0.3 is 0 Å². The molecule has 1 N–H and O–H groups in total. The molecule has 0 saturated heterocycles. The monoisotopic (exact) mass is 540 g/mol. The van der Waals surface area contributed by atoms with Crippen LogP contribution in [0.4, 0.5) is 5.69 Å². The number of aromatic nitrogens is 2. The normalized spacial score (nSPS) is 14.1. The lowest BCUT2D eigenvalue weighted by Gasteiger charge is -2.16. The number of hydrogen-bond acceptors (Lipinski definition) is 6. The van der Waals surface area contributed by atoms with Crippen LogP contribution in [-0.4, -0.2) is 48.0 Å². The summed E-state index contributed by atoms with van der Waals surface area (Å²) in [7, 11) is -0.703. The van der Waals surface area contributed by atoms with Gasteiger partial charge in [-0.25, -0.2) is 17.7 Å². The molecule has 10 heteroatoms. The van der Waals surface area contributed by atoms with Gasteiger partial charge in [0.1, 0.15) is 0 Å². The zero-order valence-electron chi connectivity index (χ0n) is 21.4. The standard InChI is InChI=1S/C27H32N4O4S2/c1-19-13-14-21(37(34,35)30(2)3)17-24(19)28-25(32)18-36-27-29-23-12-8-7-11-22(23)26(33)31(27)16-15-20-9-5-4-6-10-20/h7-9,11-14,17H,4-6,10,15-16,18H2,1-3H3,(H,28,32). The molecule has 0 bridgehead atoms. The van der Waals surface area contributed by atoms with E-state index in [9.17, 15) is 18.0 Å². The summed E-state index contributed by atoms with van der Waals surface area (Å²) in [4.78, 5) is 31.0. The Balaban J connectivity index is 1.54. The van der Waals surface area contributed by atoms with Gasteiger partial charge in [0, 0.05) is 26.3 Å². The van der Waals surface area contributed by atoms with Crippen molar-refractivity contribution in [1.82, 2.24) is 13.9 Å². The van der Waals surface area contributed by atoms with Gasteiger partial charge in [0.25, 0.3) is 5.56 Å². The van der Waals surface area contributed by atoms with Gasteiger partial charge in [0.2, 0.25) is 15.9 Å². The third kappa shape index (κ3) is 6.31. The number of fused-ring (bicyclic) bond motifs is 1. The lowest BCUT2D eigenvalue weighted by Crippen LogP contribution is -2.25. The fraction of sp³-hybridized carbons (Fsp3) is 0.370. The van der Waals surface area contributed by atoms with Crippen LogP contribution < -0.4 is 10.9 Å². The number of carbonyl (C=O) groups is 1. The topological polar surface area (TPSA) is 101 Å². The number of carbonyl (C=O) groups excluding carboxylic acids is 1. The van der Waals surface area contributed by atoms with Crippen molar-refractivity contribution in [2.75, 3.05) is 25.2 Å². The number of allylic oxidation sites excluding steroid dienone is 2. The van der Waals surface area contributed by atoms with Crippen LogP contribution in [0.5, 0.6) is 0 Å². The second-order valence-corrected chi connectivity index (χ2v) is 12.4. The zero-order chi connectivity index (χ0) is 26.6. The van der Waals surface area contributed by atoms with E-state index in [1.807, 2.05) is 12.1 Å². The van der Waals surface area contributed by atoms with E-state index in [-0.39, 0.29) is 22.1 Å². The fourth-order valence-corrected chi connectivity index (χ4v) is 6.02. The van der Waals surface area contributed by atoms with Gasteiger partial charge in [-0.2, -0.15) is 0 Å². The van der Waals surface area contributed by atoms with Gasteiger partial charge in [-0.15, -0.1) is 0 Å². The number of amides is 1. The zero-order valence-corrected chi connectivity index (χ0v) is 23.0. The minimum atomic E-state index is -3.63. The molecule has 0 fully saturated rings. The smallest absolute Gasteiger partial charge is 0.262 e. The van der Waals surface area contributed by atoms with E-state index in [0.29, 0.717) is 28.3 Å². The van der Waals surface area contributed by atoms with E-state index < -0.39 is 10.0 Å². The Labute approximate surface area is 221 Å². The van der Waals surface area contributed by atoms with Crippen LogP contribution in [0.25, 0.3) is 10.9 Å². The molecule has 37 heavy (non-hydrogen) atoms. The van der Waals surface area contributed by atoms with Crippen LogP contribution in [0.2, 0.25) is 0 Å². The number of rotatable bonds is 9. The van der Waals surface area contributed by atoms with Crippen molar-refractivity contribution in [3.63, 3.8) is 0 Å². The molecule has 2 aromatic carbocycles. The van der Waals surface area contributed by atoms with Crippen LogP contribution in [0.15, 0.2) is 69.0 Å². The highest BCUT2D eigenvalue weighted by atomic mass is 32.2. The first-order chi connectivity index (χ1) is 17.7. The highest BCUT2D eigenvalue weighted by molar-refractivity contribution is 7.99. The Kier molecular flexibility index (Phi) is 8.51. The van der Waals surface area contributed by atoms with Gasteiger partial charge in [0.05, 0.1) is 21.6 Å². The molecule has 196 valence electrons. The van der Waals surface area contributed by atoms with Crippen molar-refractivity contribution < 1.29 is 13.2 Å². The predicted molar refractivity (Wildman–Crippen MR) is 149 cm³/mol. The molecular formula is C27H32N4O4S2. The molecule has 0 saturated carbocycles. The van der Waals surface area contributed by atoms with Crippen molar-refractivity contribution in [3.05, 3.63) is 70.0 Å². The summed E-state index contributed by atoms with van der Waals surface area (Å²) < 4.78 is 27.8. The molecule has 3 aromatic rings. The van der Waals surface area contributed by atoms with Gasteiger partial charge < -0.3 is 5.32 Å². The molecule has 0 radical (unpaired) electrons. The summed E-state index contributed by atoms with van der Waals surface area (Å²) >= 11 is 1.20. The maximum atomic E-state index is 13.3. The van der Waals surface area contributed by atoms with E-state index in [0.717, 1.165) is 29.1 Å². The minimum Gasteiger partial charge on any atom is -0.325 e. The lowest BCUT2D eigenvalue weighted by molar-refractivity contribution is -0.113. The van der Waals surface area contributed by atoms with E-state index in [1.165, 1.54) is 56.4 Å². The quantitative estimate of drug-likeness (QED) is 0.242. The predicted octanol–water partition coefficient (Wildman–Crippen LogP) is 4.58. The van der Waals surface area contributed by atoms with Crippen LogP contribution in [0.1, 0.15) is 37.7 Å². The summed E-state index contributed by atoms with van der Waals surface area (Å²) in [6, 6.07) is 11.9. The second-order valence-electron chi connectivity index (χ2n) is 9.33. The molecule has 0 aliphatic heterocycles. The Morgan fingerprint density at radius 3 is 2.68 bits per heavy atom. The Morgan fingerprint density at radius 2 is 1.95 bits per heavy atom. The highest BCUT2D eigenvalue weighted by Crippen LogP contribution is 2.25. The van der Waals surface area contributed by atoms with E-state index in [1.54, 1.807) is 29.7 Å². The first kappa shape index (κ1) is 27.1. The van der Waals surface area contributed by atoms with Gasteiger partial charge in [-0.1, -0.05) is 41.6 Å². The number of aryl methyl sites for hydroxylation is 1. The second kappa shape index (κ2) is 11.6. The molecule has 1 heterocycles. The summed E-state index contributed by atoms with van der Waals surface area (Å²) in [6.07, 6.45) is 7.58.